The molecule has 0 aliphatic heterocycles. The summed E-state index contributed by atoms with van der Waals surface area (Å²) >= 11 is 0. The fourth-order valence-electron chi connectivity index (χ4n) is 2.29. The molecular formula is C18H18N2O. The molecule has 0 bridgehead atoms. The number of hydrogen-bond donors (Lipinski definition) is 1. The molecule has 3 aromatic rings. The van der Waals surface area contributed by atoms with Crippen LogP contribution in [-0.2, 0) is 0 Å². The van der Waals surface area contributed by atoms with Crippen LogP contribution in [0.15, 0.2) is 60.8 Å². The van der Waals surface area contributed by atoms with Crippen LogP contribution in [-0.4, -0.2) is 4.98 Å². The summed E-state index contributed by atoms with van der Waals surface area (Å²) < 4.78 is 5.96. The first-order valence-electron chi connectivity index (χ1n) is 7.15. The van der Waals surface area contributed by atoms with Crippen molar-refractivity contribution < 1.29 is 4.74 Å². The Morgan fingerprint density at radius 3 is 2.62 bits per heavy atom. The molecular weight excluding hydrogens is 260 g/mol. The van der Waals surface area contributed by atoms with Gasteiger partial charge in [0.15, 0.2) is 0 Å². The smallest absolute Gasteiger partial charge is 0.145 e. The third-order valence-electron chi connectivity index (χ3n) is 3.56. The standard InChI is InChI=1S/C18H18N2O/c1-2-16(19)17-11-10-14(12-20-17)21-18-9-5-7-13-6-3-4-8-15(13)18/h3-12,16H,2,19H2,1H3/t16-/m0/s1. The first-order chi connectivity index (χ1) is 10.3. The highest BCUT2D eigenvalue weighted by atomic mass is 16.5. The van der Waals surface area contributed by atoms with Crippen LogP contribution in [0.3, 0.4) is 0 Å². The summed E-state index contributed by atoms with van der Waals surface area (Å²) in [5.41, 5.74) is 6.86. The third kappa shape index (κ3) is 2.88. The van der Waals surface area contributed by atoms with Crippen molar-refractivity contribution in [3.05, 3.63) is 66.5 Å². The lowest BCUT2D eigenvalue weighted by molar-refractivity contribution is 0.484. The van der Waals surface area contributed by atoms with Crippen LogP contribution in [0, 0.1) is 0 Å². The highest BCUT2D eigenvalue weighted by Gasteiger charge is 2.06. The van der Waals surface area contributed by atoms with E-state index < -0.39 is 0 Å². The summed E-state index contributed by atoms with van der Waals surface area (Å²) in [4.78, 5) is 4.38. The number of nitrogens with zero attached hydrogens (tertiary/aromatic N) is 1. The number of rotatable bonds is 4. The Labute approximate surface area is 124 Å². The molecule has 0 radical (unpaired) electrons. The normalized spacial score (nSPS) is 12.3. The van der Waals surface area contributed by atoms with E-state index in [0.29, 0.717) is 0 Å². The number of aromatic nitrogens is 1. The molecule has 2 N–H and O–H groups in total. The van der Waals surface area contributed by atoms with E-state index in [2.05, 4.69) is 23.2 Å². The monoisotopic (exact) mass is 278 g/mol. The van der Waals surface area contributed by atoms with Crippen LogP contribution in [0.2, 0.25) is 0 Å². The zero-order valence-corrected chi connectivity index (χ0v) is 12.0. The van der Waals surface area contributed by atoms with Crippen molar-refractivity contribution >= 4 is 10.8 Å². The van der Waals surface area contributed by atoms with Crippen LogP contribution >= 0.6 is 0 Å². The molecule has 0 saturated carbocycles. The molecule has 0 aliphatic rings. The molecule has 0 fully saturated rings. The van der Waals surface area contributed by atoms with E-state index in [1.165, 1.54) is 0 Å². The second-order valence-electron chi connectivity index (χ2n) is 5.01. The van der Waals surface area contributed by atoms with Crippen molar-refractivity contribution in [2.45, 2.75) is 19.4 Å². The fraction of sp³-hybridized carbons (Fsp3) is 0.167. The lowest BCUT2D eigenvalue weighted by Crippen LogP contribution is -2.10. The summed E-state index contributed by atoms with van der Waals surface area (Å²) in [5, 5.41) is 2.25. The maximum Gasteiger partial charge on any atom is 0.145 e. The lowest BCUT2D eigenvalue weighted by atomic mass is 10.1. The van der Waals surface area contributed by atoms with Gasteiger partial charge in [0, 0.05) is 11.4 Å². The van der Waals surface area contributed by atoms with Gasteiger partial charge in [0.2, 0.25) is 0 Å². The molecule has 106 valence electrons. The Kier molecular flexibility index (Phi) is 3.84. The Bertz CT molecular complexity index is 732. The molecule has 21 heavy (non-hydrogen) atoms. The van der Waals surface area contributed by atoms with E-state index in [-0.39, 0.29) is 6.04 Å². The number of nitrogens with two attached hydrogens (primary N) is 1. The molecule has 1 aromatic heterocycles. The molecule has 3 rings (SSSR count). The Morgan fingerprint density at radius 1 is 1.05 bits per heavy atom. The summed E-state index contributed by atoms with van der Waals surface area (Å²) in [6.45, 7) is 2.05. The van der Waals surface area contributed by atoms with Crippen LogP contribution in [0.4, 0.5) is 0 Å². The van der Waals surface area contributed by atoms with Crippen molar-refractivity contribution in [3.8, 4) is 11.5 Å². The van der Waals surface area contributed by atoms with Gasteiger partial charge in [-0.05, 0) is 30.0 Å². The van der Waals surface area contributed by atoms with Crippen LogP contribution < -0.4 is 10.5 Å². The summed E-state index contributed by atoms with van der Waals surface area (Å²) in [6.07, 6.45) is 2.60. The molecule has 0 amide bonds. The van der Waals surface area contributed by atoms with Crippen LogP contribution in [0.1, 0.15) is 25.1 Å². The SMILES string of the molecule is CC[C@H](N)c1ccc(Oc2cccc3ccccc23)cn1. The molecule has 2 aromatic carbocycles. The molecule has 0 unspecified atom stereocenters. The molecule has 0 aliphatic carbocycles. The van der Waals surface area contributed by atoms with Crippen molar-refractivity contribution in [1.82, 2.24) is 4.98 Å². The Balaban J connectivity index is 1.88. The van der Waals surface area contributed by atoms with Gasteiger partial charge in [0.25, 0.3) is 0 Å². The first-order valence-corrected chi connectivity index (χ1v) is 7.15. The van der Waals surface area contributed by atoms with E-state index in [1.807, 2.05) is 43.3 Å². The van der Waals surface area contributed by atoms with Gasteiger partial charge in [-0.2, -0.15) is 0 Å². The summed E-state index contributed by atoms with van der Waals surface area (Å²) in [6, 6.07) is 18.0. The van der Waals surface area contributed by atoms with Crippen molar-refractivity contribution in [3.63, 3.8) is 0 Å². The van der Waals surface area contributed by atoms with E-state index >= 15 is 0 Å². The second kappa shape index (κ2) is 5.94. The summed E-state index contributed by atoms with van der Waals surface area (Å²) in [5.74, 6) is 1.56. The predicted octanol–water partition coefficient (Wildman–Crippen LogP) is 4.44. The average molecular weight is 278 g/mol. The van der Waals surface area contributed by atoms with Crippen molar-refractivity contribution in [2.75, 3.05) is 0 Å². The van der Waals surface area contributed by atoms with Gasteiger partial charge in [-0.25, -0.2) is 0 Å². The highest BCUT2D eigenvalue weighted by Crippen LogP contribution is 2.29. The molecule has 0 saturated heterocycles. The van der Waals surface area contributed by atoms with Gasteiger partial charge in [-0.3, -0.25) is 4.98 Å². The minimum atomic E-state index is -0.0170. The van der Waals surface area contributed by atoms with E-state index in [4.69, 9.17) is 10.5 Å². The minimum absolute atomic E-state index is 0.0170. The van der Waals surface area contributed by atoms with Gasteiger partial charge < -0.3 is 10.5 Å². The number of ether oxygens (including phenoxy) is 1. The Morgan fingerprint density at radius 2 is 1.86 bits per heavy atom. The van der Waals surface area contributed by atoms with E-state index in [0.717, 1.165) is 34.4 Å². The highest BCUT2D eigenvalue weighted by molar-refractivity contribution is 5.88. The van der Waals surface area contributed by atoms with Gasteiger partial charge in [0.1, 0.15) is 11.5 Å². The largest absolute Gasteiger partial charge is 0.455 e. The Hall–Kier alpha value is -2.39. The zero-order valence-electron chi connectivity index (χ0n) is 12.0. The summed E-state index contributed by atoms with van der Waals surface area (Å²) in [7, 11) is 0. The van der Waals surface area contributed by atoms with Crippen molar-refractivity contribution in [2.24, 2.45) is 5.73 Å². The maximum absolute atomic E-state index is 5.97. The fourth-order valence-corrected chi connectivity index (χ4v) is 2.29. The number of hydrogen-bond acceptors (Lipinski definition) is 3. The number of fused-ring (bicyclic) bond motifs is 1. The first kappa shape index (κ1) is 13.6. The van der Waals surface area contributed by atoms with E-state index in [1.54, 1.807) is 6.20 Å². The minimum Gasteiger partial charge on any atom is -0.455 e. The second-order valence-corrected chi connectivity index (χ2v) is 5.01. The zero-order chi connectivity index (χ0) is 14.7. The van der Waals surface area contributed by atoms with E-state index in [9.17, 15) is 0 Å². The van der Waals surface area contributed by atoms with Gasteiger partial charge in [0.05, 0.1) is 11.9 Å². The van der Waals surface area contributed by atoms with Crippen LogP contribution in [0.25, 0.3) is 10.8 Å². The van der Waals surface area contributed by atoms with Crippen molar-refractivity contribution in [1.29, 1.82) is 0 Å². The predicted molar refractivity (Wildman–Crippen MR) is 85.5 cm³/mol. The number of pyridine rings is 1. The van der Waals surface area contributed by atoms with Gasteiger partial charge in [-0.15, -0.1) is 0 Å². The van der Waals surface area contributed by atoms with Crippen LogP contribution in [0.5, 0.6) is 11.5 Å². The average Bonchev–Trinajstić information content (AvgIpc) is 2.55. The lowest BCUT2D eigenvalue weighted by Gasteiger charge is -2.11. The molecule has 1 atom stereocenters. The molecule has 3 heteroatoms. The molecule has 1 heterocycles. The third-order valence-corrected chi connectivity index (χ3v) is 3.56. The molecule has 3 nitrogen and oxygen atoms in total. The molecule has 0 spiro atoms. The van der Waals surface area contributed by atoms with Gasteiger partial charge >= 0.3 is 0 Å². The topological polar surface area (TPSA) is 48.1 Å². The van der Waals surface area contributed by atoms with Gasteiger partial charge in [-0.1, -0.05) is 43.3 Å². The quantitative estimate of drug-likeness (QED) is 0.767. The number of benzene rings is 2. The maximum atomic E-state index is 5.97.